The van der Waals surface area contributed by atoms with Gasteiger partial charge in [-0.1, -0.05) is 6.07 Å². The van der Waals surface area contributed by atoms with Gasteiger partial charge in [-0.15, -0.1) is 11.3 Å². The van der Waals surface area contributed by atoms with Gasteiger partial charge in [-0.25, -0.2) is 0 Å². The maximum atomic E-state index is 11.6. The first-order chi connectivity index (χ1) is 6.77. The number of nitrogens with one attached hydrogen (secondary N) is 1. The van der Waals surface area contributed by atoms with E-state index in [2.05, 4.69) is 11.4 Å². The van der Waals surface area contributed by atoms with Crippen LogP contribution in [-0.2, 0) is 11.3 Å². The molecule has 1 aromatic heterocycles. The Labute approximate surface area is 88.7 Å². The van der Waals surface area contributed by atoms with Crippen molar-refractivity contribution in [2.75, 3.05) is 20.1 Å². The quantitative estimate of drug-likeness (QED) is 0.798. The highest BCUT2D eigenvalue weighted by atomic mass is 32.1. The Bertz CT molecular complexity index is 272. The number of hydrogen-bond donors (Lipinski definition) is 1. The zero-order valence-corrected chi connectivity index (χ0v) is 9.43. The van der Waals surface area contributed by atoms with Crippen LogP contribution in [0.1, 0.15) is 11.8 Å². The molecule has 1 aromatic rings. The number of thiophene rings is 1. The van der Waals surface area contributed by atoms with Crippen molar-refractivity contribution in [2.24, 2.45) is 0 Å². The Balaban J connectivity index is 2.50. The van der Waals surface area contributed by atoms with Gasteiger partial charge in [0.2, 0.25) is 5.91 Å². The molecule has 0 spiro atoms. The smallest absolute Gasteiger partial charge is 0.236 e. The Morgan fingerprint density at radius 2 is 2.43 bits per heavy atom. The lowest BCUT2D eigenvalue weighted by atomic mass is 10.4. The number of amides is 1. The van der Waals surface area contributed by atoms with Gasteiger partial charge >= 0.3 is 0 Å². The number of hydrogen-bond acceptors (Lipinski definition) is 3. The summed E-state index contributed by atoms with van der Waals surface area (Å²) in [5.74, 6) is 0.156. The highest BCUT2D eigenvalue weighted by molar-refractivity contribution is 7.09. The zero-order chi connectivity index (χ0) is 10.4. The Kier molecular flexibility index (Phi) is 4.62. The predicted octanol–water partition coefficient (Wildman–Crippen LogP) is 1.32. The number of nitrogens with zero attached hydrogens (tertiary/aromatic N) is 1. The SMILES string of the molecule is CCN(Cc1cccs1)C(=O)CNC. The third-order valence-electron chi connectivity index (χ3n) is 1.99. The molecule has 0 radical (unpaired) electrons. The lowest BCUT2D eigenvalue weighted by Crippen LogP contribution is -2.36. The standard InChI is InChI=1S/C10H16N2OS/c1-3-12(10(13)7-11-2)8-9-5-4-6-14-9/h4-6,11H,3,7-8H2,1-2H3. The van der Waals surface area contributed by atoms with Gasteiger partial charge in [0, 0.05) is 11.4 Å². The summed E-state index contributed by atoms with van der Waals surface area (Å²) in [6.07, 6.45) is 0. The van der Waals surface area contributed by atoms with E-state index in [4.69, 9.17) is 0 Å². The summed E-state index contributed by atoms with van der Waals surface area (Å²) in [5.41, 5.74) is 0. The number of likely N-dealkylation sites (N-methyl/N-ethyl adjacent to an activating group) is 2. The van der Waals surface area contributed by atoms with Crippen LogP contribution in [0.25, 0.3) is 0 Å². The molecule has 0 unspecified atom stereocenters. The van der Waals surface area contributed by atoms with Crippen LogP contribution < -0.4 is 5.32 Å². The topological polar surface area (TPSA) is 32.3 Å². The fourth-order valence-corrected chi connectivity index (χ4v) is 1.95. The second kappa shape index (κ2) is 5.78. The van der Waals surface area contributed by atoms with E-state index in [0.29, 0.717) is 6.54 Å². The largest absolute Gasteiger partial charge is 0.337 e. The van der Waals surface area contributed by atoms with Gasteiger partial charge in [0.1, 0.15) is 0 Å². The molecule has 14 heavy (non-hydrogen) atoms. The van der Waals surface area contributed by atoms with Crippen LogP contribution >= 0.6 is 11.3 Å². The molecule has 0 aliphatic carbocycles. The van der Waals surface area contributed by atoms with E-state index >= 15 is 0 Å². The van der Waals surface area contributed by atoms with Crippen LogP contribution in [0.15, 0.2) is 17.5 Å². The molecule has 1 amide bonds. The van der Waals surface area contributed by atoms with Crippen LogP contribution in [-0.4, -0.2) is 30.9 Å². The summed E-state index contributed by atoms with van der Waals surface area (Å²) >= 11 is 1.69. The molecule has 1 rings (SSSR count). The molecule has 1 N–H and O–H groups in total. The van der Waals surface area contributed by atoms with Crippen LogP contribution in [0.2, 0.25) is 0 Å². The highest BCUT2D eigenvalue weighted by Crippen LogP contribution is 2.11. The van der Waals surface area contributed by atoms with Gasteiger partial charge in [0.25, 0.3) is 0 Å². The summed E-state index contributed by atoms with van der Waals surface area (Å²) in [6, 6.07) is 4.07. The van der Waals surface area contributed by atoms with Crippen molar-refractivity contribution in [2.45, 2.75) is 13.5 Å². The average Bonchev–Trinajstić information content (AvgIpc) is 2.66. The molecule has 3 nitrogen and oxygen atoms in total. The first-order valence-electron chi connectivity index (χ1n) is 4.72. The van der Waals surface area contributed by atoms with E-state index in [0.717, 1.165) is 13.1 Å². The molecule has 0 saturated carbocycles. The normalized spacial score (nSPS) is 10.1. The fourth-order valence-electron chi connectivity index (χ4n) is 1.23. The third-order valence-corrected chi connectivity index (χ3v) is 2.85. The molecular formula is C10H16N2OS. The van der Waals surface area contributed by atoms with E-state index in [1.165, 1.54) is 4.88 Å². The summed E-state index contributed by atoms with van der Waals surface area (Å²) in [6.45, 7) is 3.91. The van der Waals surface area contributed by atoms with E-state index in [9.17, 15) is 4.79 Å². The summed E-state index contributed by atoms with van der Waals surface area (Å²) in [5, 5.41) is 4.91. The van der Waals surface area contributed by atoms with E-state index < -0.39 is 0 Å². The molecule has 1 heterocycles. The summed E-state index contributed by atoms with van der Waals surface area (Å²) in [7, 11) is 1.79. The lowest BCUT2D eigenvalue weighted by Gasteiger charge is -2.19. The summed E-state index contributed by atoms with van der Waals surface area (Å²) in [4.78, 5) is 14.7. The Morgan fingerprint density at radius 1 is 1.64 bits per heavy atom. The van der Waals surface area contributed by atoms with Crippen molar-refractivity contribution < 1.29 is 4.79 Å². The van der Waals surface area contributed by atoms with Crippen molar-refractivity contribution in [3.05, 3.63) is 22.4 Å². The highest BCUT2D eigenvalue weighted by Gasteiger charge is 2.10. The predicted molar refractivity (Wildman–Crippen MR) is 59.3 cm³/mol. The van der Waals surface area contributed by atoms with Gasteiger partial charge in [-0.05, 0) is 25.4 Å². The zero-order valence-electron chi connectivity index (χ0n) is 8.62. The number of carbonyl (C=O) groups is 1. The summed E-state index contributed by atoms with van der Waals surface area (Å²) < 4.78 is 0. The van der Waals surface area contributed by atoms with Gasteiger partial charge in [0.05, 0.1) is 13.1 Å². The van der Waals surface area contributed by atoms with Crippen LogP contribution in [0.5, 0.6) is 0 Å². The second-order valence-corrected chi connectivity index (χ2v) is 4.05. The lowest BCUT2D eigenvalue weighted by molar-refractivity contribution is -0.130. The Morgan fingerprint density at radius 3 is 2.93 bits per heavy atom. The fraction of sp³-hybridized carbons (Fsp3) is 0.500. The molecule has 0 saturated heterocycles. The first kappa shape index (κ1) is 11.2. The molecule has 0 aliphatic heterocycles. The molecule has 0 bridgehead atoms. The number of carbonyl (C=O) groups excluding carboxylic acids is 1. The van der Waals surface area contributed by atoms with Gasteiger partial charge < -0.3 is 10.2 Å². The van der Waals surface area contributed by atoms with Crippen molar-refractivity contribution in [3.63, 3.8) is 0 Å². The minimum absolute atomic E-state index is 0.156. The van der Waals surface area contributed by atoms with Gasteiger partial charge in [-0.3, -0.25) is 4.79 Å². The minimum atomic E-state index is 0.156. The van der Waals surface area contributed by atoms with Crippen LogP contribution in [0.4, 0.5) is 0 Å². The maximum Gasteiger partial charge on any atom is 0.236 e. The molecule has 4 heteroatoms. The third kappa shape index (κ3) is 3.12. The van der Waals surface area contributed by atoms with E-state index in [-0.39, 0.29) is 5.91 Å². The Hall–Kier alpha value is -0.870. The van der Waals surface area contributed by atoms with Gasteiger partial charge in [0.15, 0.2) is 0 Å². The average molecular weight is 212 g/mol. The molecule has 0 fully saturated rings. The monoisotopic (exact) mass is 212 g/mol. The van der Waals surface area contributed by atoms with Crippen LogP contribution in [0.3, 0.4) is 0 Å². The molecule has 0 aromatic carbocycles. The van der Waals surface area contributed by atoms with E-state index in [1.54, 1.807) is 18.4 Å². The maximum absolute atomic E-state index is 11.6. The number of rotatable bonds is 5. The second-order valence-electron chi connectivity index (χ2n) is 3.02. The molecule has 0 aliphatic rings. The van der Waals surface area contributed by atoms with Crippen molar-refractivity contribution >= 4 is 17.2 Å². The minimum Gasteiger partial charge on any atom is -0.337 e. The van der Waals surface area contributed by atoms with Crippen molar-refractivity contribution in [1.82, 2.24) is 10.2 Å². The van der Waals surface area contributed by atoms with Crippen molar-refractivity contribution in [3.8, 4) is 0 Å². The van der Waals surface area contributed by atoms with Crippen molar-refractivity contribution in [1.29, 1.82) is 0 Å². The van der Waals surface area contributed by atoms with Crippen LogP contribution in [0, 0.1) is 0 Å². The van der Waals surface area contributed by atoms with Gasteiger partial charge in [-0.2, -0.15) is 0 Å². The molecule has 0 atom stereocenters. The molecular weight excluding hydrogens is 196 g/mol. The van der Waals surface area contributed by atoms with E-state index in [1.807, 2.05) is 23.3 Å². The molecule has 78 valence electrons. The first-order valence-corrected chi connectivity index (χ1v) is 5.60.